The Bertz CT molecular complexity index is 586. The molecular weight excluding hydrogens is 354 g/mol. The molecule has 0 saturated carbocycles. The smallest absolute Gasteiger partial charge is 0.273 e. The Labute approximate surface area is 162 Å². The van der Waals surface area contributed by atoms with Gasteiger partial charge in [0.25, 0.3) is 5.91 Å². The molecule has 2 aliphatic heterocycles. The van der Waals surface area contributed by atoms with Crippen LogP contribution in [0.4, 0.5) is 0 Å². The monoisotopic (exact) mass is 385 g/mol. The van der Waals surface area contributed by atoms with Crippen LogP contribution in [0.3, 0.4) is 0 Å². The zero-order chi connectivity index (χ0) is 17.8. The molecule has 1 aromatic rings. The summed E-state index contributed by atoms with van der Waals surface area (Å²) in [4.78, 5) is 12.6. The van der Waals surface area contributed by atoms with Gasteiger partial charge in [0.2, 0.25) is 0 Å². The first kappa shape index (κ1) is 21.1. The first-order valence-electron chi connectivity index (χ1n) is 9.60. The summed E-state index contributed by atoms with van der Waals surface area (Å²) in [5.74, 6) is 0.716. The number of nitrogens with one attached hydrogen (secondary N) is 2. The standard InChI is InChI=1S/C18H31N5O2.ClH/c1-12(2)17-14(5-4-10-25-17)11-20-18(24)16-13(3)23(22-21-16)15-6-8-19-9-7-15;/h12,14-15,17,19H,4-11H2,1-3H3,(H,20,24);1H. The SMILES string of the molecule is Cc1c(C(=O)NCC2CCCOC2C(C)C)nnn1C1CCNCC1.Cl. The molecule has 0 aliphatic carbocycles. The number of amides is 1. The molecular formula is C18H32ClN5O2. The highest BCUT2D eigenvalue weighted by atomic mass is 35.5. The maximum atomic E-state index is 12.6. The molecule has 3 rings (SSSR count). The van der Waals surface area contributed by atoms with E-state index in [9.17, 15) is 4.79 Å². The molecule has 2 N–H and O–H groups in total. The molecule has 148 valence electrons. The lowest BCUT2D eigenvalue weighted by atomic mass is 9.87. The van der Waals surface area contributed by atoms with Crippen molar-refractivity contribution >= 4 is 18.3 Å². The van der Waals surface area contributed by atoms with E-state index in [2.05, 4.69) is 34.8 Å². The molecule has 8 heteroatoms. The number of carbonyl (C=O) groups is 1. The summed E-state index contributed by atoms with van der Waals surface area (Å²) < 4.78 is 7.83. The molecule has 7 nitrogen and oxygen atoms in total. The van der Waals surface area contributed by atoms with E-state index in [4.69, 9.17) is 4.74 Å². The van der Waals surface area contributed by atoms with E-state index in [1.54, 1.807) is 0 Å². The molecule has 0 spiro atoms. The van der Waals surface area contributed by atoms with Crippen LogP contribution in [-0.4, -0.2) is 53.2 Å². The number of carbonyl (C=O) groups excluding carboxylic acids is 1. The Morgan fingerprint density at radius 1 is 1.35 bits per heavy atom. The zero-order valence-electron chi connectivity index (χ0n) is 16.0. The van der Waals surface area contributed by atoms with Crippen LogP contribution in [0.25, 0.3) is 0 Å². The zero-order valence-corrected chi connectivity index (χ0v) is 16.8. The summed E-state index contributed by atoms with van der Waals surface area (Å²) in [5.41, 5.74) is 1.32. The number of hydrogen-bond donors (Lipinski definition) is 2. The third kappa shape index (κ3) is 4.75. The fraction of sp³-hybridized carbons (Fsp3) is 0.833. The van der Waals surface area contributed by atoms with E-state index in [0.29, 0.717) is 30.1 Å². The van der Waals surface area contributed by atoms with Crippen LogP contribution >= 0.6 is 12.4 Å². The molecule has 0 bridgehead atoms. The second kappa shape index (κ2) is 9.67. The first-order valence-corrected chi connectivity index (χ1v) is 9.60. The molecule has 2 unspecified atom stereocenters. The van der Waals surface area contributed by atoms with E-state index >= 15 is 0 Å². The van der Waals surface area contributed by atoms with Crippen LogP contribution in [0.15, 0.2) is 0 Å². The number of aromatic nitrogens is 3. The summed E-state index contributed by atoms with van der Waals surface area (Å²) in [6.07, 6.45) is 4.45. The van der Waals surface area contributed by atoms with E-state index in [0.717, 1.165) is 51.1 Å². The summed E-state index contributed by atoms with van der Waals surface area (Å²) in [7, 11) is 0. The quantitative estimate of drug-likeness (QED) is 0.811. The second-order valence-electron chi connectivity index (χ2n) is 7.64. The number of halogens is 1. The van der Waals surface area contributed by atoms with Crippen molar-refractivity contribution < 1.29 is 9.53 Å². The van der Waals surface area contributed by atoms with Crippen molar-refractivity contribution in [3.05, 3.63) is 11.4 Å². The van der Waals surface area contributed by atoms with Crippen LogP contribution in [-0.2, 0) is 4.74 Å². The van der Waals surface area contributed by atoms with Crippen LogP contribution in [0.5, 0.6) is 0 Å². The van der Waals surface area contributed by atoms with Crippen LogP contribution in [0, 0.1) is 18.8 Å². The highest BCUT2D eigenvalue weighted by molar-refractivity contribution is 5.93. The number of rotatable bonds is 5. The second-order valence-corrected chi connectivity index (χ2v) is 7.64. The average Bonchev–Trinajstić information content (AvgIpc) is 3.02. The average molecular weight is 386 g/mol. The summed E-state index contributed by atoms with van der Waals surface area (Å²) in [6, 6.07) is 0.340. The fourth-order valence-corrected chi connectivity index (χ4v) is 4.08. The number of ether oxygens (including phenoxy) is 1. The van der Waals surface area contributed by atoms with Gasteiger partial charge >= 0.3 is 0 Å². The molecule has 2 atom stereocenters. The Kier molecular flexibility index (Phi) is 7.85. The maximum Gasteiger partial charge on any atom is 0.273 e. The molecule has 26 heavy (non-hydrogen) atoms. The summed E-state index contributed by atoms with van der Waals surface area (Å²) in [6.45, 7) is 9.75. The Morgan fingerprint density at radius 2 is 2.08 bits per heavy atom. The van der Waals surface area contributed by atoms with Crippen molar-refractivity contribution in [1.29, 1.82) is 0 Å². The van der Waals surface area contributed by atoms with Gasteiger partial charge in [0, 0.05) is 19.1 Å². The molecule has 0 radical (unpaired) electrons. The van der Waals surface area contributed by atoms with Gasteiger partial charge in [-0.3, -0.25) is 4.79 Å². The molecule has 0 aromatic carbocycles. The van der Waals surface area contributed by atoms with Gasteiger partial charge in [0.05, 0.1) is 17.8 Å². The van der Waals surface area contributed by atoms with Gasteiger partial charge in [-0.1, -0.05) is 19.1 Å². The Balaban J connectivity index is 0.00000243. The lowest BCUT2D eigenvalue weighted by Gasteiger charge is -2.34. The van der Waals surface area contributed by atoms with Crippen LogP contribution in [0.1, 0.15) is 61.8 Å². The maximum absolute atomic E-state index is 12.6. The van der Waals surface area contributed by atoms with Gasteiger partial charge in [-0.05, 0) is 51.6 Å². The number of nitrogens with zero attached hydrogens (tertiary/aromatic N) is 3. The number of piperidine rings is 1. The predicted molar refractivity (Wildman–Crippen MR) is 103 cm³/mol. The van der Waals surface area contributed by atoms with Crippen LogP contribution < -0.4 is 10.6 Å². The van der Waals surface area contributed by atoms with Crippen molar-refractivity contribution in [3.63, 3.8) is 0 Å². The lowest BCUT2D eigenvalue weighted by Crippen LogP contribution is -2.41. The molecule has 2 aliphatic rings. The normalized spacial score (nSPS) is 24.3. The van der Waals surface area contributed by atoms with Gasteiger partial charge in [-0.2, -0.15) is 0 Å². The van der Waals surface area contributed by atoms with Crippen molar-refractivity contribution in [2.24, 2.45) is 11.8 Å². The predicted octanol–water partition coefficient (Wildman–Crippen LogP) is 2.11. The van der Waals surface area contributed by atoms with Crippen molar-refractivity contribution in [3.8, 4) is 0 Å². The highest BCUT2D eigenvalue weighted by Crippen LogP contribution is 2.26. The van der Waals surface area contributed by atoms with E-state index in [1.165, 1.54) is 0 Å². The van der Waals surface area contributed by atoms with Crippen molar-refractivity contribution in [2.75, 3.05) is 26.2 Å². The van der Waals surface area contributed by atoms with Crippen molar-refractivity contribution in [1.82, 2.24) is 25.6 Å². The summed E-state index contributed by atoms with van der Waals surface area (Å²) in [5, 5.41) is 14.8. The molecule has 1 amide bonds. The minimum atomic E-state index is -0.120. The van der Waals surface area contributed by atoms with E-state index < -0.39 is 0 Å². The largest absolute Gasteiger partial charge is 0.378 e. The third-order valence-electron chi connectivity index (χ3n) is 5.47. The molecule has 2 fully saturated rings. The Morgan fingerprint density at radius 3 is 2.77 bits per heavy atom. The minimum absolute atomic E-state index is 0. The highest BCUT2D eigenvalue weighted by Gasteiger charge is 2.29. The summed E-state index contributed by atoms with van der Waals surface area (Å²) >= 11 is 0. The van der Waals surface area contributed by atoms with Gasteiger partial charge in [0.15, 0.2) is 5.69 Å². The van der Waals surface area contributed by atoms with E-state index in [1.807, 2.05) is 11.6 Å². The Hall–Kier alpha value is -1.18. The van der Waals surface area contributed by atoms with Gasteiger partial charge in [-0.25, -0.2) is 4.68 Å². The number of hydrogen-bond acceptors (Lipinski definition) is 5. The third-order valence-corrected chi connectivity index (χ3v) is 5.47. The minimum Gasteiger partial charge on any atom is -0.378 e. The van der Waals surface area contributed by atoms with Crippen molar-refractivity contribution in [2.45, 2.75) is 58.6 Å². The molecule has 2 saturated heterocycles. The first-order chi connectivity index (χ1) is 12.1. The van der Waals surface area contributed by atoms with Gasteiger partial charge in [-0.15, -0.1) is 17.5 Å². The van der Waals surface area contributed by atoms with Gasteiger partial charge in [0.1, 0.15) is 0 Å². The topological polar surface area (TPSA) is 81.1 Å². The lowest BCUT2D eigenvalue weighted by molar-refractivity contribution is -0.0510. The van der Waals surface area contributed by atoms with Crippen LogP contribution in [0.2, 0.25) is 0 Å². The molecule has 1 aromatic heterocycles. The van der Waals surface area contributed by atoms with E-state index in [-0.39, 0.29) is 24.4 Å². The fourth-order valence-electron chi connectivity index (χ4n) is 4.08. The molecule has 3 heterocycles. The van der Waals surface area contributed by atoms with Gasteiger partial charge < -0.3 is 15.4 Å².